The third kappa shape index (κ3) is 4.15. The summed E-state index contributed by atoms with van der Waals surface area (Å²) in [6, 6.07) is 1.44. The molecule has 1 aliphatic rings. The number of nitrogens with zero attached hydrogens (tertiary/aromatic N) is 6. The van der Waals surface area contributed by atoms with Crippen molar-refractivity contribution < 1.29 is 4.79 Å². The Bertz CT molecular complexity index is 1090. The van der Waals surface area contributed by atoms with Gasteiger partial charge in [-0.3, -0.25) is 14.4 Å². The summed E-state index contributed by atoms with van der Waals surface area (Å²) in [5.41, 5.74) is 1.01. The topological polar surface area (TPSA) is 79.2 Å². The van der Waals surface area contributed by atoms with Crippen LogP contribution in [0.15, 0.2) is 18.6 Å². The maximum absolute atomic E-state index is 12.5. The van der Waals surface area contributed by atoms with Crippen LogP contribution in [0, 0.1) is 0 Å². The van der Waals surface area contributed by atoms with Crippen LogP contribution in [0.4, 0.5) is 11.5 Å². The molecular weight excluding hydrogens is 472 g/mol. The van der Waals surface area contributed by atoms with E-state index >= 15 is 0 Å². The molecule has 0 spiro atoms. The number of hydrogen-bond donors (Lipinski definition) is 1. The monoisotopic (exact) mass is 487 g/mol. The van der Waals surface area contributed by atoms with Gasteiger partial charge in [0.15, 0.2) is 5.65 Å². The van der Waals surface area contributed by atoms with Gasteiger partial charge in [0.05, 0.1) is 43.9 Å². The van der Waals surface area contributed by atoms with E-state index in [4.69, 9.17) is 46.4 Å². The molecule has 0 atom stereocenters. The van der Waals surface area contributed by atoms with E-state index in [1.807, 2.05) is 11.9 Å². The number of carbonyl (C=O) groups excluding carboxylic acids is 1. The van der Waals surface area contributed by atoms with Crippen LogP contribution in [0.25, 0.3) is 11.0 Å². The van der Waals surface area contributed by atoms with Gasteiger partial charge in [-0.25, -0.2) is 9.97 Å². The van der Waals surface area contributed by atoms with E-state index in [9.17, 15) is 4.79 Å². The Hall–Kier alpha value is -1.84. The molecule has 1 aliphatic heterocycles. The van der Waals surface area contributed by atoms with E-state index < -0.39 is 0 Å². The smallest absolute Gasteiger partial charge is 0.238 e. The van der Waals surface area contributed by atoms with Gasteiger partial charge in [-0.2, -0.15) is 5.10 Å². The second-order valence-corrected chi connectivity index (χ2v) is 8.43. The number of fused-ring (bicyclic) bond motifs is 1. The van der Waals surface area contributed by atoms with Gasteiger partial charge in [-0.15, -0.1) is 0 Å². The van der Waals surface area contributed by atoms with E-state index in [0.29, 0.717) is 13.1 Å². The first kappa shape index (κ1) is 21.4. The Balaban J connectivity index is 1.39. The standard InChI is InChI=1S/C18H17Cl4N7O/c1-27-17-10(7-25-27)18(24-9-23-17)29-4-2-28(3-5-29)8-13(30)26-16-14(21)11(19)6-12(20)15(16)22/h6-7,9H,2-5,8H2,1H3,(H,26,30). The molecule has 3 heterocycles. The molecule has 1 aromatic carbocycles. The lowest BCUT2D eigenvalue weighted by molar-refractivity contribution is -0.117. The lowest BCUT2D eigenvalue weighted by atomic mass is 10.2. The van der Waals surface area contributed by atoms with Gasteiger partial charge >= 0.3 is 0 Å². The highest BCUT2D eigenvalue weighted by molar-refractivity contribution is 6.50. The SMILES string of the molecule is Cn1ncc2c(N3CCN(CC(=O)Nc4c(Cl)c(Cl)cc(Cl)c4Cl)CC3)ncnc21. The van der Waals surface area contributed by atoms with Crippen LogP contribution in [0.3, 0.4) is 0 Å². The molecular formula is C18H17Cl4N7O. The number of nitrogens with one attached hydrogen (secondary N) is 1. The lowest BCUT2D eigenvalue weighted by Crippen LogP contribution is -2.49. The zero-order chi connectivity index (χ0) is 21.4. The Morgan fingerprint density at radius 1 is 1.07 bits per heavy atom. The molecule has 0 unspecified atom stereocenters. The number of halogens is 4. The van der Waals surface area contributed by atoms with Gasteiger partial charge in [-0.1, -0.05) is 46.4 Å². The highest BCUT2D eigenvalue weighted by atomic mass is 35.5. The van der Waals surface area contributed by atoms with Crippen LogP contribution in [-0.2, 0) is 11.8 Å². The highest BCUT2D eigenvalue weighted by Crippen LogP contribution is 2.41. The van der Waals surface area contributed by atoms with Crippen molar-refractivity contribution in [3.8, 4) is 0 Å². The first-order valence-electron chi connectivity index (χ1n) is 9.08. The number of hydrogen-bond acceptors (Lipinski definition) is 6. The van der Waals surface area contributed by atoms with Crippen molar-refractivity contribution in [1.82, 2.24) is 24.6 Å². The van der Waals surface area contributed by atoms with Gasteiger partial charge in [0, 0.05) is 33.2 Å². The summed E-state index contributed by atoms with van der Waals surface area (Å²) in [6.45, 7) is 3.02. The van der Waals surface area contributed by atoms with Gasteiger partial charge in [0.1, 0.15) is 12.1 Å². The Labute approximate surface area is 192 Å². The first-order chi connectivity index (χ1) is 14.3. The summed E-state index contributed by atoms with van der Waals surface area (Å²) in [6.07, 6.45) is 3.32. The number of amides is 1. The molecule has 8 nitrogen and oxygen atoms in total. The number of anilines is 2. The van der Waals surface area contributed by atoms with Gasteiger partial charge in [0.25, 0.3) is 0 Å². The predicted octanol–water partition coefficient (Wildman–Crippen LogP) is 3.74. The third-order valence-electron chi connectivity index (χ3n) is 4.92. The van der Waals surface area contributed by atoms with Crippen LogP contribution in [-0.4, -0.2) is 63.3 Å². The van der Waals surface area contributed by atoms with E-state index in [1.165, 1.54) is 6.07 Å². The fourth-order valence-corrected chi connectivity index (χ4v) is 4.29. The Kier molecular flexibility index (Phi) is 6.22. The first-order valence-corrected chi connectivity index (χ1v) is 10.6. The average Bonchev–Trinajstić information content (AvgIpc) is 3.11. The molecule has 1 fully saturated rings. The second kappa shape index (κ2) is 8.72. The van der Waals surface area contributed by atoms with Crippen LogP contribution >= 0.6 is 46.4 Å². The number of piperazine rings is 1. The molecule has 30 heavy (non-hydrogen) atoms. The number of carbonyl (C=O) groups is 1. The predicted molar refractivity (Wildman–Crippen MR) is 120 cm³/mol. The molecule has 1 saturated heterocycles. The molecule has 1 amide bonds. The molecule has 12 heteroatoms. The van der Waals surface area contributed by atoms with Crippen LogP contribution in [0.1, 0.15) is 0 Å². The minimum absolute atomic E-state index is 0.161. The van der Waals surface area contributed by atoms with E-state index in [0.717, 1.165) is 29.9 Å². The fourth-order valence-electron chi connectivity index (χ4n) is 3.38. The third-order valence-corrected chi connectivity index (χ3v) is 6.50. The van der Waals surface area contributed by atoms with Gasteiger partial charge in [-0.05, 0) is 6.07 Å². The molecule has 0 radical (unpaired) electrons. The zero-order valence-electron chi connectivity index (χ0n) is 15.9. The van der Waals surface area contributed by atoms with Crippen molar-refractivity contribution in [3.63, 3.8) is 0 Å². The largest absolute Gasteiger partial charge is 0.353 e. The van der Waals surface area contributed by atoms with Gasteiger partial charge in [0.2, 0.25) is 5.91 Å². The van der Waals surface area contributed by atoms with Gasteiger partial charge < -0.3 is 10.2 Å². The second-order valence-electron chi connectivity index (χ2n) is 6.86. The summed E-state index contributed by atoms with van der Waals surface area (Å²) in [5.74, 6) is 0.603. The summed E-state index contributed by atoms with van der Waals surface area (Å²) in [7, 11) is 1.85. The fraction of sp³-hybridized carbons (Fsp3) is 0.333. The molecule has 2 aromatic heterocycles. The molecule has 0 bridgehead atoms. The lowest BCUT2D eigenvalue weighted by Gasteiger charge is -2.35. The van der Waals surface area contributed by atoms with Crippen molar-refractivity contribution in [2.75, 3.05) is 42.9 Å². The number of aromatic nitrogens is 4. The van der Waals surface area contributed by atoms with Crippen molar-refractivity contribution in [1.29, 1.82) is 0 Å². The quantitative estimate of drug-likeness (QED) is 0.563. The minimum Gasteiger partial charge on any atom is -0.353 e. The van der Waals surface area contributed by atoms with Crippen molar-refractivity contribution in [3.05, 3.63) is 38.7 Å². The molecule has 3 aromatic rings. The Morgan fingerprint density at radius 3 is 2.40 bits per heavy atom. The zero-order valence-corrected chi connectivity index (χ0v) is 18.9. The summed E-state index contributed by atoms with van der Waals surface area (Å²) >= 11 is 24.4. The molecule has 4 rings (SSSR count). The van der Waals surface area contributed by atoms with Crippen LogP contribution in [0.2, 0.25) is 20.1 Å². The minimum atomic E-state index is -0.248. The number of benzene rings is 1. The number of rotatable bonds is 4. The maximum atomic E-state index is 12.5. The average molecular weight is 489 g/mol. The van der Waals surface area contributed by atoms with Crippen LogP contribution in [0.5, 0.6) is 0 Å². The molecule has 0 aliphatic carbocycles. The molecule has 0 saturated carbocycles. The number of aryl methyl sites for hydroxylation is 1. The van der Waals surface area contributed by atoms with Crippen molar-refractivity contribution in [2.24, 2.45) is 7.05 Å². The van der Waals surface area contributed by atoms with E-state index in [-0.39, 0.29) is 38.2 Å². The summed E-state index contributed by atoms with van der Waals surface area (Å²) in [4.78, 5) is 25.5. The summed E-state index contributed by atoms with van der Waals surface area (Å²) in [5, 5.41) is 8.65. The highest BCUT2D eigenvalue weighted by Gasteiger charge is 2.23. The van der Waals surface area contributed by atoms with E-state index in [1.54, 1.807) is 17.2 Å². The van der Waals surface area contributed by atoms with Crippen molar-refractivity contribution >= 4 is 74.8 Å². The normalized spacial score (nSPS) is 15.0. The van der Waals surface area contributed by atoms with E-state index in [2.05, 4.69) is 25.3 Å². The maximum Gasteiger partial charge on any atom is 0.238 e. The Morgan fingerprint density at radius 2 is 1.73 bits per heavy atom. The molecule has 1 N–H and O–H groups in total. The summed E-state index contributed by atoms with van der Waals surface area (Å²) < 4.78 is 1.72. The van der Waals surface area contributed by atoms with Crippen LogP contribution < -0.4 is 10.2 Å². The van der Waals surface area contributed by atoms with Crippen molar-refractivity contribution in [2.45, 2.75) is 0 Å². The molecule has 158 valence electrons.